The second kappa shape index (κ2) is 6.88. The van der Waals surface area contributed by atoms with Gasteiger partial charge in [0.2, 0.25) is 5.91 Å². The van der Waals surface area contributed by atoms with Crippen molar-refractivity contribution in [3.8, 4) is 5.75 Å². The van der Waals surface area contributed by atoms with Gasteiger partial charge in [-0.15, -0.1) is 0 Å². The highest BCUT2D eigenvalue weighted by atomic mass is 16.5. The van der Waals surface area contributed by atoms with E-state index in [9.17, 15) is 9.90 Å². The van der Waals surface area contributed by atoms with Gasteiger partial charge in [0.15, 0.2) is 0 Å². The van der Waals surface area contributed by atoms with Gasteiger partial charge in [-0.25, -0.2) is 0 Å². The van der Waals surface area contributed by atoms with Crippen molar-refractivity contribution in [2.24, 2.45) is 5.73 Å². The number of amides is 1. The maximum Gasteiger partial charge on any atom is 0.243 e. The normalized spacial score (nSPS) is 10.8. The first-order valence-electron chi connectivity index (χ1n) is 6.45. The first-order chi connectivity index (χ1) is 9.68. The third-order valence-electron chi connectivity index (χ3n) is 2.99. The summed E-state index contributed by atoms with van der Waals surface area (Å²) in [7, 11) is 0. The zero-order chi connectivity index (χ0) is 14.4. The third kappa shape index (κ3) is 3.69. The maximum absolute atomic E-state index is 10.5. The van der Waals surface area contributed by atoms with Crippen molar-refractivity contribution >= 4 is 16.7 Å². The number of ether oxygens (including phenoxy) is 1. The number of carbonyl (C=O) groups is 1. The molecule has 5 nitrogen and oxygen atoms in total. The fraction of sp³-hybridized carbons (Fsp3) is 0.267. The van der Waals surface area contributed by atoms with Gasteiger partial charge in [-0.3, -0.25) is 4.79 Å². The lowest BCUT2D eigenvalue weighted by molar-refractivity contribution is -0.122. The van der Waals surface area contributed by atoms with Crippen molar-refractivity contribution < 1.29 is 14.6 Å². The van der Waals surface area contributed by atoms with Crippen LogP contribution in [0.1, 0.15) is 5.56 Å². The Balaban J connectivity index is 1.92. The fourth-order valence-corrected chi connectivity index (χ4v) is 2.04. The first kappa shape index (κ1) is 14.3. The van der Waals surface area contributed by atoms with Crippen LogP contribution in [0.3, 0.4) is 0 Å². The van der Waals surface area contributed by atoms with E-state index in [1.165, 1.54) is 0 Å². The molecule has 0 fully saturated rings. The fourth-order valence-electron chi connectivity index (χ4n) is 2.04. The molecule has 4 N–H and O–H groups in total. The standard InChI is InChI=1S/C15H18N2O3/c16-15(19)10-20-8-7-17-9-13-12-4-2-1-3-11(12)5-6-14(13)18/h1-6,17-18H,7-10H2,(H2,16,19). The summed E-state index contributed by atoms with van der Waals surface area (Å²) in [6.07, 6.45) is 0. The lowest BCUT2D eigenvalue weighted by Crippen LogP contribution is -2.23. The monoisotopic (exact) mass is 274 g/mol. The van der Waals surface area contributed by atoms with Crippen LogP contribution in [0, 0.1) is 0 Å². The summed E-state index contributed by atoms with van der Waals surface area (Å²) in [6.45, 7) is 1.44. The molecule has 0 saturated carbocycles. The molecule has 0 radical (unpaired) electrons. The summed E-state index contributed by atoms with van der Waals surface area (Å²) < 4.78 is 5.05. The van der Waals surface area contributed by atoms with Gasteiger partial charge in [0, 0.05) is 18.7 Å². The number of fused-ring (bicyclic) bond motifs is 1. The quantitative estimate of drug-likeness (QED) is 0.661. The Labute approximate surface area is 117 Å². The zero-order valence-electron chi connectivity index (χ0n) is 11.1. The Bertz CT molecular complexity index is 599. The predicted octanol–water partition coefficient (Wildman–Crippen LogP) is 1.14. The average Bonchev–Trinajstić information content (AvgIpc) is 2.44. The molecule has 0 aromatic heterocycles. The van der Waals surface area contributed by atoms with E-state index in [4.69, 9.17) is 10.5 Å². The summed E-state index contributed by atoms with van der Waals surface area (Å²) >= 11 is 0. The highest BCUT2D eigenvalue weighted by Gasteiger charge is 2.06. The first-order valence-corrected chi connectivity index (χ1v) is 6.45. The molecular formula is C15H18N2O3. The molecule has 0 aliphatic rings. The zero-order valence-corrected chi connectivity index (χ0v) is 11.1. The number of primary amides is 1. The number of rotatable bonds is 7. The van der Waals surface area contributed by atoms with Gasteiger partial charge in [0.25, 0.3) is 0 Å². The Morgan fingerprint density at radius 2 is 2.05 bits per heavy atom. The van der Waals surface area contributed by atoms with Crippen LogP contribution in [0.4, 0.5) is 0 Å². The lowest BCUT2D eigenvalue weighted by atomic mass is 10.0. The number of aromatic hydroxyl groups is 1. The van der Waals surface area contributed by atoms with Crippen LogP contribution in [0.2, 0.25) is 0 Å². The average molecular weight is 274 g/mol. The van der Waals surface area contributed by atoms with Gasteiger partial charge in [-0.05, 0) is 16.8 Å². The van der Waals surface area contributed by atoms with E-state index in [1.54, 1.807) is 6.07 Å². The smallest absolute Gasteiger partial charge is 0.243 e. The van der Waals surface area contributed by atoms with E-state index < -0.39 is 5.91 Å². The maximum atomic E-state index is 10.5. The minimum absolute atomic E-state index is 0.0683. The molecule has 2 rings (SSSR count). The van der Waals surface area contributed by atoms with Crippen molar-refractivity contribution in [1.29, 1.82) is 0 Å². The Morgan fingerprint density at radius 3 is 2.85 bits per heavy atom. The molecule has 0 unspecified atom stereocenters. The van der Waals surface area contributed by atoms with Crippen LogP contribution in [0.5, 0.6) is 5.75 Å². The van der Waals surface area contributed by atoms with Crippen LogP contribution >= 0.6 is 0 Å². The number of phenolic OH excluding ortho intramolecular Hbond substituents is 1. The summed E-state index contributed by atoms with van der Waals surface area (Å²) in [5.41, 5.74) is 5.82. The SMILES string of the molecule is NC(=O)COCCNCc1c(O)ccc2ccccc12. The molecule has 0 saturated heterocycles. The molecule has 0 bridgehead atoms. The molecule has 0 spiro atoms. The second-order valence-corrected chi connectivity index (χ2v) is 4.48. The Kier molecular flexibility index (Phi) is 4.92. The summed E-state index contributed by atoms with van der Waals surface area (Å²) in [4.78, 5) is 10.5. The third-order valence-corrected chi connectivity index (χ3v) is 2.99. The Hall–Kier alpha value is -2.11. The van der Waals surface area contributed by atoms with Crippen molar-refractivity contribution in [3.63, 3.8) is 0 Å². The van der Waals surface area contributed by atoms with Gasteiger partial charge < -0.3 is 20.9 Å². The minimum Gasteiger partial charge on any atom is -0.508 e. The second-order valence-electron chi connectivity index (χ2n) is 4.48. The molecular weight excluding hydrogens is 256 g/mol. The van der Waals surface area contributed by atoms with Gasteiger partial charge in [0.1, 0.15) is 12.4 Å². The summed E-state index contributed by atoms with van der Waals surface area (Å²) in [5.74, 6) is -0.203. The lowest BCUT2D eigenvalue weighted by Gasteiger charge is -2.10. The van der Waals surface area contributed by atoms with E-state index in [1.807, 2.05) is 30.3 Å². The van der Waals surface area contributed by atoms with Crippen LogP contribution in [-0.2, 0) is 16.1 Å². The van der Waals surface area contributed by atoms with E-state index in [0.717, 1.165) is 16.3 Å². The van der Waals surface area contributed by atoms with Crippen molar-refractivity contribution in [2.75, 3.05) is 19.8 Å². The molecule has 0 heterocycles. The molecule has 2 aromatic rings. The topological polar surface area (TPSA) is 84.6 Å². The number of carbonyl (C=O) groups excluding carboxylic acids is 1. The van der Waals surface area contributed by atoms with E-state index >= 15 is 0 Å². The summed E-state index contributed by atoms with van der Waals surface area (Å²) in [5, 5.41) is 15.2. The summed E-state index contributed by atoms with van der Waals surface area (Å²) in [6, 6.07) is 11.5. The highest BCUT2D eigenvalue weighted by Crippen LogP contribution is 2.26. The number of phenols is 1. The van der Waals surface area contributed by atoms with Crippen molar-refractivity contribution in [3.05, 3.63) is 42.0 Å². The molecule has 0 aliphatic carbocycles. The molecule has 106 valence electrons. The molecule has 0 aliphatic heterocycles. The number of hydrogen-bond donors (Lipinski definition) is 3. The number of benzene rings is 2. The molecule has 5 heteroatoms. The Morgan fingerprint density at radius 1 is 1.25 bits per heavy atom. The molecule has 0 atom stereocenters. The van der Waals surface area contributed by atoms with Crippen LogP contribution < -0.4 is 11.1 Å². The van der Waals surface area contributed by atoms with Crippen LogP contribution in [0.15, 0.2) is 36.4 Å². The van der Waals surface area contributed by atoms with Gasteiger partial charge in [-0.1, -0.05) is 30.3 Å². The van der Waals surface area contributed by atoms with E-state index in [0.29, 0.717) is 19.7 Å². The van der Waals surface area contributed by atoms with Crippen molar-refractivity contribution in [1.82, 2.24) is 5.32 Å². The van der Waals surface area contributed by atoms with Gasteiger partial charge in [0.05, 0.1) is 6.61 Å². The number of nitrogens with one attached hydrogen (secondary N) is 1. The highest BCUT2D eigenvalue weighted by molar-refractivity contribution is 5.87. The molecule has 1 amide bonds. The number of hydrogen-bond acceptors (Lipinski definition) is 4. The van der Waals surface area contributed by atoms with E-state index in [-0.39, 0.29) is 12.4 Å². The molecule has 20 heavy (non-hydrogen) atoms. The van der Waals surface area contributed by atoms with Gasteiger partial charge >= 0.3 is 0 Å². The van der Waals surface area contributed by atoms with Crippen molar-refractivity contribution in [2.45, 2.75) is 6.54 Å². The largest absolute Gasteiger partial charge is 0.508 e. The van der Waals surface area contributed by atoms with Gasteiger partial charge in [-0.2, -0.15) is 0 Å². The van der Waals surface area contributed by atoms with E-state index in [2.05, 4.69) is 5.32 Å². The van der Waals surface area contributed by atoms with Crippen LogP contribution in [-0.4, -0.2) is 30.8 Å². The van der Waals surface area contributed by atoms with Crippen LogP contribution in [0.25, 0.3) is 10.8 Å². The molecule has 2 aromatic carbocycles. The minimum atomic E-state index is -0.475. The predicted molar refractivity (Wildman–Crippen MR) is 77.3 cm³/mol. The number of nitrogens with two attached hydrogens (primary N) is 1.